The van der Waals surface area contributed by atoms with Gasteiger partial charge in [-0.3, -0.25) is 9.78 Å². The Morgan fingerprint density at radius 2 is 1.91 bits per heavy atom. The third-order valence-corrected chi connectivity index (χ3v) is 4.52. The van der Waals surface area contributed by atoms with E-state index in [0.717, 1.165) is 35.2 Å². The highest BCUT2D eigenvalue weighted by atomic mass is 16.2. The van der Waals surface area contributed by atoms with Gasteiger partial charge in [-0.1, -0.05) is 29.8 Å². The summed E-state index contributed by atoms with van der Waals surface area (Å²) < 4.78 is 0. The zero-order valence-corrected chi connectivity index (χ0v) is 13.3. The maximum absolute atomic E-state index is 13.0. The van der Waals surface area contributed by atoms with E-state index in [2.05, 4.69) is 24.0 Å². The largest absolute Gasteiger partial charge is 0.308 e. The summed E-state index contributed by atoms with van der Waals surface area (Å²) in [5.41, 5.74) is 5.86. The van der Waals surface area contributed by atoms with Gasteiger partial charge in [-0.15, -0.1) is 0 Å². The molecule has 3 aromatic rings. The van der Waals surface area contributed by atoms with Crippen LogP contribution in [0.15, 0.2) is 48.5 Å². The number of fused-ring (bicyclic) bond motifs is 2. The van der Waals surface area contributed by atoms with Gasteiger partial charge in [0.25, 0.3) is 5.91 Å². The average Bonchev–Trinajstić information content (AvgIpc) is 2.98. The van der Waals surface area contributed by atoms with E-state index in [0.29, 0.717) is 5.56 Å². The van der Waals surface area contributed by atoms with Crippen LogP contribution in [-0.2, 0) is 6.42 Å². The topological polar surface area (TPSA) is 33.2 Å². The Bertz CT molecular complexity index is 930. The maximum atomic E-state index is 13.0. The van der Waals surface area contributed by atoms with Crippen LogP contribution in [-0.4, -0.2) is 17.4 Å². The summed E-state index contributed by atoms with van der Waals surface area (Å²) in [4.78, 5) is 19.5. The van der Waals surface area contributed by atoms with Gasteiger partial charge in [0, 0.05) is 17.6 Å². The van der Waals surface area contributed by atoms with E-state index in [-0.39, 0.29) is 5.91 Å². The molecule has 1 aliphatic rings. The van der Waals surface area contributed by atoms with Crippen LogP contribution >= 0.6 is 0 Å². The van der Waals surface area contributed by atoms with Crippen LogP contribution in [0.5, 0.6) is 0 Å². The molecule has 0 spiro atoms. The molecule has 0 bridgehead atoms. The Morgan fingerprint density at radius 1 is 1.09 bits per heavy atom. The van der Waals surface area contributed by atoms with Gasteiger partial charge >= 0.3 is 0 Å². The van der Waals surface area contributed by atoms with Crippen molar-refractivity contribution in [2.45, 2.75) is 20.3 Å². The van der Waals surface area contributed by atoms with Crippen LogP contribution in [0.1, 0.15) is 27.2 Å². The molecule has 1 aliphatic heterocycles. The molecule has 3 nitrogen and oxygen atoms in total. The summed E-state index contributed by atoms with van der Waals surface area (Å²) in [6.07, 6.45) is 0.918. The molecule has 114 valence electrons. The monoisotopic (exact) mass is 302 g/mol. The second kappa shape index (κ2) is 5.20. The van der Waals surface area contributed by atoms with Gasteiger partial charge in [0.1, 0.15) is 0 Å². The molecule has 2 heterocycles. The van der Waals surface area contributed by atoms with Gasteiger partial charge in [-0.25, -0.2) is 0 Å². The van der Waals surface area contributed by atoms with Crippen molar-refractivity contribution in [2.24, 2.45) is 0 Å². The van der Waals surface area contributed by atoms with E-state index >= 15 is 0 Å². The van der Waals surface area contributed by atoms with Crippen molar-refractivity contribution in [3.63, 3.8) is 0 Å². The van der Waals surface area contributed by atoms with Gasteiger partial charge in [0.2, 0.25) is 0 Å². The van der Waals surface area contributed by atoms with E-state index in [1.165, 1.54) is 11.1 Å². The van der Waals surface area contributed by atoms with Crippen LogP contribution < -0.4 is 4.90 Å². The van der Waals surface area contributed by atoms with Gasteiger partial charge in [-0.2, -0.15) is 0 Å². The molecule has 0 saturated heterocycles. The molecule has 2 aromatic carbocycles. The maximum Gasteiger partial charge on any atom is 0.260 e. The highest BCUT2D eigenvalue weighted by Crippen LogP contribution is 2.30. The standard InChI is InChI=1S/C20H18N2O/c1-13-7-8-18-16(11-13)12-17(14(2)21-18)20(23)22-10-9-15-5-3-4-6-19(15)22/h3-8,11-12H,9-10H2,1-2H3. The molecule has 0 atom stereocenters. The predicted octanol–water partition coefficient (Wildman–Crippen LogP) is 4.05. The first-order valence-electron chi connectivity index (χ1n) is 7.91. The van der Waals surface area contributed by atoms with E-state index in [9.17, 15) is 4.79 Å². The van der Waals surface area contributed by atoms with E-state index in [1.54, 1.807) is 0 Å². The molecule has 0 fully saturated rings. The van der Waals surface area contributed by atoms with Crippen LogP contribution in [0.25, 0.3) is 10.9 Å². The highest BCUT2D eigenvalue weighted by Gasteiger charge is 2.26. The minimum atomic E-state index is 0.0448. The smallest absolute Gasteiger partial charge is 0.260 e. The predicted molar refractivity (Wildman–Crippen MR) is 93.0 cm³/mol. The minimum Gasteiger partial charge on any atom is -0.308 e. The van der Waals surface area contributed by atoms with Gasteiger partial charge in [-0.05, 0) is 50.1 Å². The Hall–Kier alpha value is -2.68. The summed E-state index contributed by atoms with van der Waals surface area (Å²) in [6, 6.07) is 16.2. The Kier molecular flexibility index (Phi) is 3.15. The van der Waals surface area contributed by atoms with Gasteiger partial charge in [0.15, 0.2) is 0 Å². The zero-order chi connectivity index (χ0) is 16.0. The van der Waals surface area contributed by atoms with E-state index < -0.39 is 0 Å². The SMILES string of the molecule is Cc1ccc2nc(C)c(C(=O)N3CCc4ccccc43)cc2c1. The number of amides is 1. The summed E-state index contributed by atoms with van der Waals surface area (Å²) >= 11 is 0. The fourth-order valence-corrected chi connectivity index (χ4v) is 3.30. The minimum absolute atomic E-state index is 0.0448. The number of hydrogen-bond acceptors (Lipinski definition) is 2. The molecule has 0 saturated carbocycles. The lowest BCUT2D eigenvalue weighted by Gasteiger charge is -2.18. The van der Waals surface area contributed by atoms with Gasteiger partial charge < -0.3 is 4.90 Å². The summed E-state index contributed by atoms with van der Waals surface area (Å²) in [6.45, 7) is 4.70. The average molecular weight is 302 g/mol. The van der Waals surface area contributed by atoms with E-state index in [4.69, 9.17) is 0 Å². The Labute approximate surface area is 135 Å². The number of hydrogen-bond donors (Lipinski definition) is 0. The highest BCUT2D eigenvalue weighted by molar-refractivity contribution is 6.09. The second-order valence-electron chi connectivity index (χ2n) is 6.15. The fourth-order valence-electron chi connectivity index (χ4n) is 3.30. The van der Waals surface area contributed by atoms with Crippen molar-refractivity contribution in [3.05, 3.63) is 70.9 Å². The number of anilines is 1. The molecular weight excluding hydrogens is 284 g/mol. The van der Waals surface area contributed by atoms with Crippen molar-refractivity contribution >= 4 is 22.5 Å². The van der Waals surface area contributed by atoms with Crippen LogP contribution in [0.3, 0.4) is 0 Å². The Balaban J connectivity index is 1.80. The lowest BCUT2D eigenvalue weighted by atomic mass is 10.1. The molecule has 0 radical (unpaired) electrons. The lowest BCUT2D eigenvalue weighted by Crippen LogP contribution is -2.29. The van der Waals surface area contributed by atoms with Gasteiger partial charge in [0.05, 0.1) is 16.8 Å². The number of carbonyl (C=O) groups is 1. The summed E-state index contributed by atoms with van der Waals surface area (Å²) in [5.74, 6) is 0.0448. The van der Waals surface area contributed by atoms with Crippen LogP contribution in [0.4, 0.5) is 5.69 Å². The normalized spacial score (nSPS) is 13.4. The molecule has 0 unspecified atom stereocenters. The molecule has 1 amide bonds. The summed E-state index contributed by atoms with van der Waals surface area (Å²) in [7, 11) is 0. The quantitative estimate of drug-likeness (QED) is 0.679. The van der Waals surface area contributed by atoms with Crippen molar-refractivity contribution in [2.75, 3.05) is 11.4 Å². The second-order valence-corrected chi connectivity index (χ2v) is 6.15. The van der Waals surface area contributed by atoms with Crippen LogP contribution in [0, 0.1) is 13.8 Å². The summed E-state index contributed by atoms with van der Waals surface area (Å²) in [5, 5.41) is 1.02. The number of rotatable bonds is 1. The number of nitrogens with zero attached hydrogens (tertiary/aromatic N) is 2. The number of carbonyl (C=O) groups excluding carboxylic acids is 1. The first kappa shape index (κ1) is 13.9. The first-order chi connectivity index (χ1) is 11.1. The molecule has 4 rings (SSSR count). The number of pyridine rings is 1. The van der Waals surface area contributed by atoms with Crippen LogP contribution in [0.2, 0.25) is 0 Å². The number of para-hydroxylation sites is 1. The van der Waals surface area contributed by atoms with Crippen molar-refractivity contribution in [3.8, 4) is 0 Å². The zero-order valence-electron chi connectivity index (χ0n) is 13.3. The van der Waals surface area contributed by atoms with E-state index in [1.807, 2.05) is 48.2 Å². The number of aromatic nitrogens is 1. The Morgan fingerprint density at radius 3 is 2.78 bits per heavy atom. The third kappa shape index (κ3) is 2.29. The molecular formula is C20H18N2O. The molecule has 23 heavy (non-hydrogen) atoms. The first-order valence-corrected chi connectivity index (χ1v) is 7.91. The fraction of sp³-hybridized carbons (Fsp3) is 0.200. The van der Waals surface area contributed by atoms with Crippen molar-refractivity contribution in [1.82, 2.24) is 4.98 Å². The van der Waals surface area contributed by atoms with Crippen molar-refractivity contribution in [1.29, 1.82) is 0 Å². The van der Waals surface area contributed by atoms with Crippen molar-refractivity contribution < 1.29 is 4.79 Å². The number of benzene rings is 2. The third-order valence-electron chi connectivity index (χ3n) is 4.52. The number of aryl methyl sites for hydroxylation is 2. The lowest BCUT2D eigenvalue weighted by molar-refractivity contribution is 0.0988. The molecule has 3 heteroatoms. The molecule has 0 N–H and O–H groups in total. The molecule has 0 aliphatic carbocycles. The molecule has 1 aromatic heterocycles.